The molecule has 0 radical (unpaired) electrons. The van der Waals surface area contributed by atoms with Crippen LogP contribution in [0.3, 0.4) is 0 Å². The largest absolute Gasteiger partial charge is 1.00 e. The number of Topliss-reactive ketones (excluding diaryl/α,β-unsaturated/α-hetero) is 1. The van der Waals surface area contributed by atoms with Crippen LogP contribution in [0.2, 0.25) is 0 Å². The number of hydrogen-bond donors (Lipinski definition) is 0. The van der Waals surface area contributed by atoms with Gasteiger partial charge in [0.25, 0.3) is 0 Å². The summed E-state index contributed by atoms with van der Waals surface area (Å²) in [6.07, 6.45) is 0.0175. The molecule has 0 unspecified atom stereocenters. The summed E-state index contributed by atoms with van der Waals surface area (Å²) in [5.74, 6) is -0.136. The minimum atomic E-state index is -1.46. The molecule has 1 aliphatic heterocycles. The number of carbonyl (C=O) groups excluding carboxylic acids is 2. The molecule has 1 aromatic heterocycles. The van der Waals surface area contributed by atoms with Crippen LogP contribution >= 0.6 is 11.7 Å². The van der Waals surface area contributed by atoms with Crippen molar-refractivity contribution in [2.24, 2.45) is 0 Å². The molecule has 0 saturated heterocycles. The monoisotopic (exact) mass is 524 g/mol. The summed E-state index contributed by atoms with van der Waals surface area (Å²) in [4.78, 5) is 26.3. The van der Waals surface area contributed by atoms with Gasteiger partial charge in [-0.3, -0.25) is 4.79 Å². The number of hydrogen-bond acceptors (Lipinski definition) is 9. The van der Waals surface area contributed by atoms with Crippen molar-refractivity contribution in [1.82, 2.24) is 8.75 Å². The van der Waals surface area contributed by atoms with Gasteiger partial charge < -0.3 is 24.1 Å². The molecule has 0 fully saturated rings. The van der Waals surface area contributed by atoms with Crippen molar-refractivity contribution in [3.05, 3.63) is 82.9 Å². The Labute approximate surface area is 239 Å². The molecule has 0 bridgehead atoms. The molecule has 0 spiro atoms. The Balaban J connectivity index is 0.00000320. The second kappa shape index (κ2) is 11.4. The van der Waals surface area contributed by atoms with Crippen molar-refractivity contribution in [2.75, 3.05) is 6.79 Å². The second-order valence-corrected chi connectivity index (χ2v) is 9.02. The first-order chi connectivity index (χ1) is 17.4. The van der Waals surface area contributed by atoms with Crippen molar-refractivity contribution in [2.45, 2.75) is 26.4 Å². The van der Waals surface area contributed by atoms with Crippen molar-refractivity contribution in [1.29, 1.82) is 0 Å². The van der Waals surface area contributed by atoms with Gasteiger partial charge in [0.05, 0.1) is 23.8 Å². The number of ketones is 1. The Hall–Kier alpha value is -3.24. The summed E-state index contributed by atoms with van der Waals surface area (Å²) in [7, 11) is 0. The van der Waals surface area contributed by atoms with Gasteiger partial charge in [-0.15, -0.1) is 0 Å². The summed E-state index contributed by atoms with van der Waals surface area (Å²) in [6.45, 7) is 3.93. The topological polar surface area (TPSA) is 111 Å². The number of fused-ring (bicyclic) bond motifs is 2. The number of aromatic nitrogens is 2. The molecule has 37 heavy (non-hydrogen) atoms. The maximum Gasteiger partial charge on any atom is 1.00 e. The van der Waals surface area contributed by atoms with Gasteiger partial charge in [0.15, 0.2) is 17.3 Å². The molecule has 0 aliphatic carbocycles. The molecular weight excluding hydrogens is 503 g/mol. The third kappa shape index (κ3) is 5.86. The smallest absolute Gasteiger partial charge is 0.545 e. The van der Waals surface area contributed by atoms with Gasteiger partial charge in [-0.05, 0) is 73.5 Å². The number of rotatable bonds is 8. The maximum atomic E-state index is 13.8. The Bertz CT molecular complexity index is 1500. The average molecular weight is 525 g/mol. The molecule has 0 atom stereocenters. The van der Waals surface area contributed by atoms with E-state index in [1.54, 1.807) is 60.7 Å². The number of carbonyl (C=O) groups is 2. The number of nitrogens with zero attached hydrogens (tertiary/aromatic N) is 2. The molecule has 5 rings (SSSR count). The molecule has 4 aromatic rings. The summed E-state index contributed by atoms with van der Waals surface area (Å²) < 4.78 is 24.9. The van der Waals surface area contributed by atoms with Crippen molar-refractivity contribution in [3.8, 4) is 17.2 Å². The Morgan fingerprint density at radius 2 is 1.65 bits per heavy atom. The van der Waals surface area contributed by atoms with Crippen LogP contribution in [0.15, 0.2) is 66.2 Å². The Kier molecular flexibility index (Phi) is 8.29. The van der Waals surface area contributed by atoms with E-state index in [2.05, 4.69) is 8.75 Å². The third-order valence-electron chi connectivity index (χ3n) is 5.63. The van der Waals surface area contributed by atoms with Gasteiger partial charge in [-0.25, -0.2) is 0 Å². The zero-order valence-electron chi connectivity index (χ0n) is 20.5. The van der Waals surface area contributed by atoms with Crippen molar-refractivity contribution >= 4 is 40.1 Å². The van der Waals surface area contributed by atoms with E-state index in [0.29, 0.717) is 45.0 Å². The van der Waals surface area contributed by atoms with Gasteiger partial charge >= 0.3 is 29.6 Å². The Morgan fingerprint density at radius 3 is 2.38 bits per heavy atom. The number of carboxylic acid groups (broad SMARTS) is 1. The summed E-state index contributed by atoms with van der Waals surface area (Å²) in [6, 6.07) is 16.8. The van der Waals surface area contributed by atoms with E-state index in [-0.39, 0.29) is 60.0 Å². The zero-order chi connectivity index (χ0) is 25.2. The van der Waals surface area contributed by atoms with Crippen LogP contribution in [0.5, 0.6) is 17.2 Å². The van der Waals surface area contributed by atoms with Crippen LogP contribution in [0.25, 0.3) is 16.6 Å². The van der Waals surface area contributed by atoms with Gasteiger partial charge in [0.2, 0.25) is 6.79 Å². The summed E-state index contributed by atoms with van der Waals surface area (Å²) in [5, 5.41) is 12.5. The van der Waals surface area contributed by atoms with Gasteiger partial charge in [0.1, 0.15) is 16.8 Å². The van der Waals surface area contributed by atoms with Crippen LogP contribution < -0.4 is 48.9 Å². The SMILES string of the molecule is CC(C)Oc1ccc(C(=O)/C(Cc2ccc3c(c2)OCO3)=C(/C(=O)[O-])c2ccc3nsnc3c2)cc1.[Na+]. The second-order valence-electron chi connectivity index (χ2n) is 8.49. The first-order valence-corrected chi connectivity index (χ1v) is 12.0. The van der Waals surface area contributed by atoms with E-state index in [9.17, 15) is 14.7 Å². The number of benzene rings is 3. The van der Waals surface area contributed by atoms with Crippen molar-refractivity contribution < 1.29 is 58.5 Å². The number of aliphatic carboxylic acids is 1. The summed E-state index contributed by atoms with van der Waals surface area (Å²) >= 11 is 1.03. The minimum Gasteiger partial charge on any atom is -0.545 e. The van der Waals surface area contributed by atoms with Crippen molar-refractivity contribution in [3.63, 3.8) is 0 Å². The molecule has 3 aromatic carbocycles. The van der Waals surface area contributed by atoms with Gasteiger partial charge in [0, 0.05) is 23.1 Å². The predicted octanol–water partition coefficient (Wildman–Crippen LogP) is 0.840. The van der Waals surface area contributed by atoms with E-state index in [0.717, 1.165) is 11.7 Å². The molecule has 8 nitrogen and oxygen atoms in total. The molecule has 1 aliphatic rings. The van der Waals surface area contributed by atoms with Crippen LogP contribution in [-0.4, -0.2) is 33.4 Å². The third-order valence-corrected chi connectivity index (χ3v) is 6.19. The fourth-order valence-electron chi connectivity index (χ4n) is 4.02. The van der Waals surface area contributed by atoms with Crippen LogP contribution in [0, 0.1) is 0 Å². The van der Waals surface area contributed by atoms with Crippen LogP contribution in [0.1, 0.15) is 35.3 Å². The quantitative estimate of drug-likeness (QED) is 0.190. The van der Waals surface area contributed by atoms with E-state index in [4.69, 9.17) is 14.2 Å². The number of carboxylic acids is 1. The zero-order valence-corrected chi connectivity index (χ0v) is 23.3. The van der Waals surface area contributed by atoms with E-state index in [1.165, 1.54) is 0 Å². The first kappa shape index (κ1) is 26.8. The standard InChI is InChI=1S/C27H22N2O6S.Na/c1-15(2)35-19-7-4-17(5-8-19)26(30)20(11-16-3-10-23-24(12-16)34-14-33-23)25(27(31)32)18-6-9-21-22(13-18)29-36-28-21;/h3-10,12-13,15H,11,14H2,1-2H3,(H,31,32);/q;+1/p-1/b25-20+;. The number of ether oxygens (including phenoxy) is 3. The minimum absolute atomic E-state index is 0. The van der Waals surface area contributed by atoms with Crippen LogP contribution in [0.4, 0.5) is 0 Å². The molecule has 0 saturated carbocycles. The Morgan fingerprint density at radius 1 is 0.946 bits per heavy atom. The molecular formula is C27H21N2NaO6S. The van der Waals surface area contributed by atoms with Crippen LogP contribution in [-0.2, 0) is 11.2 Å². The molecule has 10 heteroatoms. The molecule has 2 heterocycles. The van der Waals surface area contributed by atoms with E-state index < -0.39 is 11.8 Å². The van der Waals surface area contributed by atoms with Gasteiger partial charge in [-0.2, -0.15) is 8.75 Å². The number of allylic oxidation sites excluding steroid dienone is 1. The predicted molar refractivity (Wildman–Crippen MR) is 132 cm³/mol. The normalized spacial score (nSPS) is 12.7. The molecule has 0 amide bonds. The summed E-state index contributed by atoms with van der Waals surface area (Å²) in [5.41, 5.74) is 2.41. The fraction of sp³-hybridized carbons (Fsp3) is 0.185. The fourth-order valence-corrected chi connectivity index (χ4v) is 4.54. The maximum absolute atomic E-state index is 13.8. The first-order valence-electron chi connectivity index (χ1n) is 11.3. The van der Waals surface area contributed by atoms with Gasteiger partial charge in [-0.1, -0.05) is 12.1 Å². The molecule has 182 valence electrons. The van der Waals surface area contributed by atoms with E-state index >= 15 is 0 Å². The van der Waals surface area contributed by atoms with E-state index in [1.807, 2.05) is 13.8 Å². The molecule has 0 N–H and O–H groups in total. The average Bonchev–Trinajstić information content (AvgIpc) is 3.52.